The molecule has 3 rings (SSSR count). The lowest BCUT2D eigenvalue weighted by Crippen LogP contribution is -2.12. The summed E-state index contributed by atoms with van der Waals surface area (Å²) >= 11 is 3.07. The zero-order valence-electron chi connectivity index (χ0n) is 13.6. The Kier molecular flexibility index (Phi) is 6.16. The van der Waals surface area contributed by atoms with Crippen LogP contribution < -0.4 is 5.32 Å². The van der Waals surface area contributed by atoms with E-state index in [2.05, 4.69) is 15.3 Å². The standard InChI is InChI=1S/C18H17N3O2S2/c1-23-10-17-21-15(12-25-17)18(22)20-14-6-4-5-13(9-14)11-24-16-7-2-3-8-19-16/h2-9,12H,10-11H2,1H3,(H,20,22). The quantitative estimate of drug-likeness (QED) is 0.630. The summed E-state index contributed by atoms with van der Waals surface area (Å²) in [4.78, 5) is 20.9. The van der Waals surface area contributed by atoms with Crippen molar-refractivity contribution < 1.29 is 9.53 Å². The smallest absolute Gasteiger partial charge is 0.275 e. The fourth-order valence-corrected chi connectivity index (χ4v) is 3.68. The molecule has 0 aliphatic carbocycles. The number of benzene rings is 1. The molecule has 1 N–H and O–H groups in total. The first-order chi connectivity index (χ1) is 12.2. The van der Waals surface area contributed by atoms with E-state index in [-0.39, 0.29) is 5.91 Å². The number of rotatable bonds is 7. The second-order valence-corrected chi connectivity index (χ2v) is 7.11. The van der Waals surface area contributed by atoms with Gasteiger partial charge in [0.25, 0.3) is 5.91 Å². The number of aromatic nitrogens is 2. The number of nitrogens with one attached hydrogen (secondary N) is 1. The van der Waals surface area contributed by atoms with Gasteiger partial charge >= 0.3 is 0 Å². The molecular formula is C18H17N3O2S2. The number of ether oxygens (including phenoxy) is 1. The van der Waals surface area contributed by atoms with Crippen LogP contribution in [0.2, 0.25) is 0 Å². The van der Waals surface area contributed by atoms with E-state index in [1.54, 1.807) is 30.4 Å². The molecular weight excluding hydrogens is 354 g/mol. The highest BCUT2D eigenvalue weighted by atomic mass is 32.2. The van der Waals surface area contributed by atoms with Gasteiger partial charge in [0.2, 0.25) is 0 Å². The first-order valence-corrected chi connectivity index (χ1v) is 9.48. The number of pyridine rings is 1. The molecule has 0 spiro atoms. The first kappa shape index (κ1) is 17.6. The van der Waals surface area contributed by atoms with Crippen molar-refractivity contribution in [2.24, 2.45) is 0 Å². The van der Waals surface area contributed by atoms with Gasteiger partial charge in [-0.2, -0.15) is 0 Å². The summed E-state index contributed by atoms with van der Waals surface area (Å²) in [6.45, 7) is 0.415. The Morgan fingerprint density at radius 1 is 1.28 bits per heavy atom. The van der Waals surface area contributed by atoms with Crippen LogP contribution in [-0.2, 0) is 17.1 Å². The second kappa shape index (κ2) is 8.75. The molecule has 0 bridgehead atoms. The molecule has 0 fully saturated rings. The molecule has 2 aromatic heterocycles. The Labute approximate surface area is 154 Å². The van der Waals surface area contributed by atoms with Gasteiger partial charge in [-0.1, -0.05) is 18.2 Å². The van der Waals surface area contributed by atoms with Crippen LogP contribution in [0.4, 0.5) is 5.69 Å². The minimum Gasteiger partial charge on any atom is -0.378 e. The van der Waals surface area contributed by atoms with Crippen molar-refractivity contribution in [3.05, 3.63) is 70.3 Å². The van der Waals surface area contributed by atoms with Gasteiger partial charge in [0.15, 0.2) is 0 Å². The van der Waals surface area contributed by atoms with Crippen LogP contribution >= 0.6 is 23.1 Å². The number of hydrogen-bond acceptors (Lipinski definition) is 6. The van der Waals surface area contributed by atoms with E-state index in [1.165, 1.54) is 11.3 Å². The fourth-order valence-electron chi connectivity index (χ4n) is 2.13. The molecule has 128 valence electrons. The molecule has 0 atom stereocenters. The van der Waals surface area contributed by atoms with Crippen LogP contribution in [0.3, 0.4) is 0 Å². The highest BCUT2D eigenvalue weighted by Crippen LogP contribution is 2.22. The zero-order chi connectivity index (χ0) is 17.5. The average Bonchev–Trinajstić information content (AvgIpc) is 3.10. The third-order valence-corrected chi connectivity index (χ3v) is 5.10. The highest BCUT2D eigenvalue weighted by molar-refractivity contribution is 7.98. The van der Waals surface area contributed by atoms with Crippen molar-refractivity contribution >= 4 is 34.7 Å². The average molecular weight is 371 g/mol. The van der Waals surface area contributed by atoms with Gasteiger partial charge in [-0.25, -0.2) is 9.97 Å². The molecule has 0 radical (unpaired) electrons. The Hall–Kier alpha value is -2.22. The molecule has 0 unspecified atom stereocenters. The Balaban J connectivity index is 1.61. The number of methoxy groups -OCH3 is 1. The van der Waals surface area contributed by atoms with Gasteiger partial charge < -0.3 is 10.1 Å². The van der Waals surface area contributed by atoms with Crippen molar-refractivity contribution in [2.45, 2.75) is 17.4 Å². The predicted molar refractivity (Wildman–Crippen MR) is 101 cm³/mol. The van der Waals surface area contributed by atoms with Crippen molar-refractivity contribution in [2.75, 3.05) is 12.4 Å². The van der Waals surface area contributed by atoms with Gasteiger partial charge in [-0.3, -0.25) is 4.79 Å². The van der Waals surface area contributed by atoms with Gasteiger partial charge in [0, 0.05) is 30.1 Å². The molecule has 0 aliphatic heterocycles. The number of carbonyl (C=O) groups excluding carboxylic acids is 1. The summed E-state index contributed by atoms with van der Waals surface area (Å²) in [6.07, 6.45) is 1.78. The van der Waals surface area contributed by atoms with Crippen LogP contribution in [0.1, 0.15) is 21.1 Å². The fraction of sp³-hybridized carbons (Fsp3) is 0.167. The maximum atomic E-state index is 12.3. The predicted octanol–water partition coefficient (Wildman–Crippen LogP) is 4.23. The molecule has 25 heavy (non-hydrogen) atoms. The van der Waals surface area contributed by atoms with Crippen LogP contribution in [0.15, 0.2) is 59.1 Å². The van der Waals surface area contributed by atoms with Crippen molar-refractivity contribution in [1.82, 2.24) is 9.97 Å². The van der Waals surface area contributed by atoms with E-state index < -0.39 is 0 Å². The van der Waals surface area contributed by atoms with E-state index in [1.807, 2.05) is 42.5 Å². The molecule has 0 saturated carbocycles. The van der Waals surface area contributed by atoms with E-state index >= 15 is 0 Å². The number of carbonyl (C=O) groups is 1. The lowest BCUT2D eigenvalue weighted by molar-refractivity contribution is 0.102. The molecule has 5 nitrogen and oxygen atoms in total. The molecule has 0 saturated heterocycles. The topological polar surface area (TPSA) is 64.1 Å². The number of thiazole rings is 1. The van der Waals surface area contributed by atoms with E-state index in [0.717, 1.165) is 27.0 Å². The van der Waals surface area contributed by atoms with Crippen molar-refractivity contribution in [3.8, 4) is 0 Å². The molecule has 0 aliphatic rings. The van der Waals surface area contributed by atoms with E-state index in [4.69, 9.17) is 4.74 Å². The van der Waals surface area contributed by atoms with Crippen LogP contribution in [0, 0.1) is 0 Å². The van der Waals surface area contributed by atoms with Crippen molar-refractivity contribution in [1.29, 1.82) is 0 Å². The zero-order valence-corrected chi connectivity index (χ0v) is 15.3. The number of thioether (sulfide) groups is 1. The second-order valence-electron chi connectivity index (χ2n) is 5.17. The number of anilines is 1. The van der Waals surface area contributed by atoms with Crippen molar-refractivity contribution in [3.63, 3.8) is 0 Å². The SMILES string of the molecule is COCc1nc(C(=O)Nc2cccc(CSc3ccccn3)c2)cs1. The minimum absolute atomic E-state index is 0.215. The Morgan fingerprint density at radius 3 is 3.00 bits per heavy atom. The van der Waals surface area contributed by atoms with Gasteiger partial charge in [0.1, 0.15) is 10.7 Å². The largest absolute Gasteiger partial charge is 0.378 e. The van der Waals surface area contributed by atoms with Gasteiger partial charge in [0.05, 0.1) is 11.6 Å². The summed E-state index contributed by atoms with van der Waals surface area (Å²) in [5, 5.41) is 6.39. The molecule has 7 heteroatoms. The monoisotopic (exact) mass is 371 g/mol. The van der Waals surface area contributed by atoms with Crippen LogP contribution in [-0.4, -0.2) is 23.0 Å². The third-order valence-electron chi connectivity index (χ3n) is 3.26. The number of nitrogens with zero attached hydrogens (tertiary/aromatic N) is 2. The summed E-state index contributed by atoms with van der Waals surface area (Å²) in [7, 11) is 1.61. The Morgan fingerprint density at radius 2 is 2.20 bits per heavy atom. The first-order valence-electron chi connectivity index (χ1n) is 7.62. The normalized spacial score (nSPS) is 10.6. The molecule has 1 aromatic carbocycles. The van der Waals surface area contributed by atoms with Crippen LogP contribution in [0.25, 0.3) is 0 Å². The maximum Gasteiger partial charge on any atom is 0.275 e. The summed E-state index contributed by atoms with van der Waals surface area (Å²) < 4.78 is 5.03. The van der Waals surface area contributed by atoms with Gasteiger partial charge in [-0.15, -0.1) is 23.1 Å². The molecule has 2 heterocycles. The lowest BCUT2D eigenvalue weighted by Gasteiger charge is -2.06. The maximum absolute atomic E-state index is 12.3. The van der Waals surface area contributed by atoms with Gasteiger partial charge in [-0.05, 0) is 29.8 Å². The number of amides is 1. The Bertz CT molecular complexity index is 837. The highest BCUT2D eigenvalue weighted by Gasteiger charge is 2.11. The minimum atomic E-state index is -0.215. The summed E-state index contributed by atoms with van der Waals surface area (Å²) in [6, 6.07) is 13.7. The van der Waals surface area contributed by atoms with E-state index in [0.29, 0.717) is 12.3 Å². The third kappa shape index (κ3) is 5.12. The van der Waals surface area contributed by atoms with E-state index in [9.17, 15) is 4.79 Å². The molecule has 3 aromatic rings. The number of hydrogen-bond donors (Lipinski definition) is 1. The molecule has 1 amide bonds. The summed E-state index contributed by atoms with van der Waals surface area (Å²) in [5.41, 5.74) is 2.28. The summed E-state index contributed by atoms with van der Waals surface area (Å²) in [5.74, 6) is 0.572. The lowest BCUT2D eigenvalue weighted by atomic mass is 10.2. The van der Waals surface area contributed by atoms with Crippen LogP contribution in [0.5, 0.6) is 0 Å².